The van der Waals surface area contributed by atoms with Crippen molar-refractivity contribution in [3.05, 3.63) is 95.3 Å². The molecular weight excluding hydrogens is 374 g/mol. The molecule has 0 aliphatic rings. The van der Waals surface area contributed by atoms with Gasteiger partial charge in [-0.2, -0.15) is 0 Å². The molecule has 0 radical (unpaired) electrons. The highest BCUT2D eigenvalue weighted by Gasteiger charge is 2.15. The van der Waals surface area contributed by atoms with E-state index in [4.69, 9.17) is 0 Å². The van der Waals surface area contributed by atoms with Crippen molar-refractivity contribution in [2.75, 3.05) is 4.90 Å². The summed E-state index contributed by atoms with van der Waals surface area (Å²) in [5, 5.41) is 2.91. The van der Waals surface area contributed by atoms with Crippen LogP contribution < -0.4 is 10.2 Å². The third-order valence-electron chi connectivity index (χ3n) is 4.85. The summed E-state index contributed by atoms with van der Waals surface area (Å²) in [6.45, 7) is 4.90. The van der Waals surface area contributed by atoms with Crippen LogP contribution in [-0.4, -0.2) is 16.8 Å². The summed E-state index contributed by atoms with van der Waals surface area (Å²) in [7, 11) is 0. The highest BCUT2D eigenvalue weighted by atomic mass is 16.2. The van der Waals surface area contributed by atoms with E-state index < -0.39 is 0 Å². The maximum absolute atomic E-state index is 12.5. The minimum absolute atomic E-state index is 0.0483. The third-order valence-corrected chi connectivity index (χ3v) is 4.85. The smallest absolute Gasteiger partial charge is 0.227 e. The number of hydrogen-bond acceptors (Lipinski definition) is 3. The van der Waals surface area contributed by atoms with E-state index in [-0.39, 0.29) is 11.8 Å². The fourth-order valence-corrected chi connectivity index (χ4v) is 3.25. The van der Waals surface area contributed by atoms with E-state index in [1.807, 2.05) is 68.4 Å². The standard InChI is InChI=1S/C25H27N3O2/c1-3-25(30)28(18-21-7-4-6-19(2)14-21)23-11-9-20(10-12-23)15-24(29)27-17-22-8-5-13-26-16-22/h4-14,16H,3,15,17-18H2,1-2H3,(H,27,29). The molecule has 0 aliphatic carbocycles. The van der Waals surface area contributed by atoms with Gasteiger partial charge in [0.2, 0.25) is 11.8 Å². The average molecular weight is 402 g/mol. The number of pyridine rings is 1. The Kier molecular flexibility index (Phi) is 7.33. The summed E-state index contributed by atoms with van der Waals surface area (Å²) >= 11 is 0. The lowest BCUT2D eigenvalue weighted by Gasteiger charge is -2.23. The number of aromatic nitrogens is 1. The summed E-state index contributed by atoms with van der Waals surface area (Å²) in [5.41, 5.74) is 4.97. The quantitative estimate of drug-likeness (QED) is 0.616. The van der Waals surface area contributed by atoms with Crippen molar-refractivity contribution < 1.29 is 9.59 Å². The van der Waals surface area contributed by atoms with Crippen LogP contribution in [0.1, 0.15) is 35.6 Å². The SMILES string of the molecule is CCC(=O)N(Cc1cccc(C)c1)c1ccc(CC(=O)NCc2cccnc2)cc1. The molecule has 0 saturated heterocycles. The second-order valence-electron chi connectivity index (χ2n) is 7.30. The first-order chi connectivity index (χ1) is 14.5. The van der Waals surface area contributed by atoms with Crippen molar-refractivity contribution >= 4 is 17.5 Å². The van der Waals surface area contributed by atoms with E-state index in [2.05, 4.69) is 16.4 Å². The maximum Gasteiger partial charge on any atom is 0.227 e. The molecule has 1 heterocycles. The summed E-state index contributed by atoms with van der Waals surface area (Å²) in [6, 6.07) is 19.6. The van der Waals surface area contributed by atoms with Crippen molar-refractivity contribution in [1.29, 1.82) is 0 Å². The Labute approximate surface area is 177 Å². The van der Waals surface area contributed by atoms with E-state index in [0.717, 1.165) is 22.4 Å². The van der Waals surface area contributed by atoms with Gasteiger partial charge in [0.15, 0.2) is 0 Å². The molecule has 3 rings (SSSR count). The van der Waals surface area contributed by atoms with Gasteiger partial charge >= 0.3 is 0 Å². The van der Waals surface area contributed by atoms with Gasteiger partial charge in [-0.1, -0.05) is 55.0 Å². The van der Waals surface area contributed by atoms with Crippen LogP contribution in [0.3, 0.4) is 0 Å². The largest absolute Gasteiger partial charge is 0.352 e. The Morgan fingerprint density at radius 3 is 2.40 bits per heavy atom. The van der Waals surface area contributed by atoms with Gasteiger partial charge in [0.05, 0.1) is 13.0 Å². The van der Waals surface area contributed by atoms with E-state index in [1.165, 1.54) is 5.56 Å². The van der Waals surface area contributed by atoms with Gasteiger partial charge in [0.25, 0.3) is 0 Å². The first kappa shape index (κ1) is 21.2. The van der Waals surface area contributed by atoms with Crippen molar-refractivity contribution in [2.24, 2.45) is 0 Å². The molecule has 1 aromatic heterocycles. The van der Waals surface area contributed by atoms with Crippen LogP contribution in [0.15, 0.2) is 73.1 Å². The highest BCUT2D eigenvalue weighted by molar-refractivity contribution is 5.93. The Bertz CT molecular complexity index is 985. The normalized spacial score (nSPS) is 10.5. The number of nitrogens with one attached hydrogen (secondary N) is 1. The topological polar surface area (TPSA) is 62.3 Å². The summed E-state index contributed by atoms with van der Waals surface area (Å²) in [5.74, 6) is 0.0197. The molecule has 30 heavy (non-hydrogen) atoms. The van der Waals surface area contributed by atoms with E-state index >= 15 is 0 Å². The monoisotopic (exact) mass is 401 g/mol. The van der Waals surface area contributed by atoms with Crippen LogP contribution in [0.5, 0.6) is 0 Å². The second kappa shape index (κ2) is 10.3. The van der Waals surface area contributed by atoms with E-state index in [9.17, 15) is 9.59 Å². The molecule has 0 spiro atoms. The molecule has 2 amide bonds. The minimum atomic E-state index is -0.0483. The third kappa shape index (κ3) is 6.01. The van der Waals surface area contributed by atoms with Crippen LogP contribution in [0.4, 0.5) is 5.69 Å². The average Bonchev–Trinajstić information content (AvgIpc) is 2.77. The number of rotatable bonds is 8. The number of anilines is 1. The number of hydrogen-bond donors (Lipinski definition) is 1. The molecule has 154 valence electrons. The lowest BCUT2D eigenvalue weighted by Crippen LogP contribution is -2.29. The lowest BCUT2D eigenvalue weighted by molar-refractivity contribution is -0.120. The fourth-order valence-electron chi connectivity index (χ4n) is 3.25. The zero-order chi connectivity index (χ0) is 21.3. The number of aryl methyl sites for hydroxylation is 1. The molecule has 0 fully saturated rings. The first-order valence-corrected chi connectivity index (χ1v) is 10.2. The van der Waals surface area contributed by atoms with Gasteiger partial charge < -0.3 is 10.2 Å². The Hall–Kier alpha value is -3.47. The molecule has 3 aromatic rings. The molecule has 0 bridgehead atoms. The van der Waals surface area contributed by atoms with Gasteiger partial charge in [-0.3, -0.25) is 14.6 Å². The fraction of sp³-hybridized carbons (Fsp3) is 0.240. The first-order valence-electron chi connectivity index (χ1n) is 10.2. The van der Waals surface area contributed by atoms with E-state index in [1.54, 1.807) is 17.3 Å². The van der Waals surface area contributed by atoms with Crippen molar-refractivity contribution in [2.45, 2.75) is 39.8 Å². The maximum atomic E-state index is 12.5. The highest BCUT2D eigenvalue weighted by Crippen LogP contribution is 2.20. The molecule has 1 N–H and O–H groups in total. The van der Waals surface area contributed by atoms with Gasteiger partial charge in [-0.25, -0.2) is 0 Å². The van der Waals surface area contributed by atoms with Crippen molar-refractivity contribution in [3.63, 3.8) is 0 Å². The Balaban J connectivity index is 1.64. The number of benzene rings is 2. The molecule has 0 saturated carbocycles. The second-order valence-corrected chi connectivity index (χ2v) is 7.30. The van der Waals surface area contributed by atoms with Crippen molar-refractivity contribution in [3.8, 4) is 0 Å². The number of amides is 2. The van der Waals surface area contributed by atoms with E-state index in [0.29, 0.717) is 25.9 Å². The van der Waals surface area contributed by atoms with Crippen LogP contribution in [-0.2, 0) is 29.1 Å². The van der Waals surface area contributed by atoms with Crippen LogP contribution in [0, 0.1) is 6.92 Å². The summed E-state index contributed by atoms with van der Waals surface area (Å²) in [4.78, 5) is 30.6. The van der Waals surface area contributed by atoms with Gasteiger partial charge in [-0.05, 0) is 41.8 Å². The molecule has 5 heteroatoms. The molecular formula is C25H27N3O2. The Morgan fingerprint density at radius 2 is 1.73 bits per heavy atom. The molecule has 0 atom stereocenters. The summed E-state index contributed by atoms with van der Waals surface area (Å²) < 4.78 is 0. The van der Waals surface area contributed by atoms with Crippen LogP contribution in [0.2, 0.25) is 0 Å². The zero-order valence-corrected chi connectivity index (χ0v) is 17.5. The molecule has 5 nitrogen and oxygen atoms in total. The molecule has 0 aliphatic heterocycles. The summed E-state index contributed by atoms with van der Waals surface area (Å²) in [6.07, 6.45) is 4.17. The number of nitrogens with zero attached hydrogens (tertiary/aromatic N) is 2. The minimum Gasteiger partial charge on any atom is -0.352 e. The van der Waals surface area contributed by atoms with Gasteiger partial charge in [0, 0.05) is 31.0 Å². The predicted octanol–water partition coefficient (Wildman–Crippen LogP) is 4.19. The van der Waals surface area contributed by atoms with Crippen LogP contribution in [0.25, 0.3) is 0 Å². The van der Waals surface area contributed by atoms with Gasteiger partial charge in [0.1, 0.15) is 0 Å². The predicted molar refractivity (Wildman–Crippen MR) is 119 cm³/mol. The molecule has 2 aromatic carbocycles. The lowest BCUT2D eigenvalue weighted by atomic mass is 10.1. The number of carbonyl (C=O) groups excluding carboxylic acids is 2. The zero-order valence-electron chi connectivity index (χ0n) is 17.5. The van der Waals surface area contributed by atoms with Gasteiger partial charge in [-0.15, -0.1) is 0 Å². The molecule has 0 unspecified atom stereocenters. The van der Waals surface area contributed by atoms with Crippen LogP contribution >= 0.6 is 0 Å². The Morgan fingerprint density at radius 1 is 0.967 bits per heavy atom. The van der Waals surface area contributed by atoms with Crippen molar-refractivity contribution in [1.82, 2.24) is 10.3 Å². The number of carbonyl (C=O) groups is 2.